The van der Waals surface area contributed by atoms with E-state index in [1.807, 2.05) is 41.8 Å². The summed E-state index contributed by atoms with van der Waals surface area (Å²) in [5.74, 6) is 1.19. The van der Waals surface area contributed by atoms with Crippen LogP contribution < -0.4 is 4.74 Å². The number of fused-ring (bicyclic) bond motifs is 1. The van der Waals surface area contributed by atoms with Crippen LogP contribution in [0.4, 0.5) is 0 Å². The number of amidine groups is 2. The third-order valence-electron chi connectivity index (χ3n) is 5.03. The van der Waals surface area contributed by atoms with Gasteiger partial charge in [0.15, 0.2) is 5.17 Å². The molecule has 5 rings (SSSR count). The molecular weight excluding hydrogens is 446 g/mol. The van der Waals surface area contributed by atoms with E-state index in [1.165, 1.54) is 11.8 Å². The van der Waals surface area contributed by atoms with Crippen LogP contribution in [-0.4, -0.2) is 28.9 Å². The summed E-state index contributed by atoms with van der Waals surface area (Å²) in [5, 5.41) is 11.6. The molecule has 8 heteroatoms. The maximum absolute atomic E-state index is 12.7. The molecule has 0 saturated heterocycles. The largest absolute Gasteiger partial charge is 0.495 e. The molecule has 0 aliphatic carbocycles. The Bertz CT molecular complexity index is 1340. The van der Waals surface area contributed by atoms with Crippen LogP contribution in [0.1, 0.15) is 11.3 Å². The quantitative estimate of drug-likeness (QED) is 0.488. The highest BCUT2D eigenvalue weighted by Gasteiger charge is 2.36. The molecule has 0 unspecified atom stereocenters. The Hall–Kier alpha value is -3.55. The van der Waals surface area contributed by atoms with Crippen LogP contribution in [0.5, 0.6) is 5.75 Å². The fourth-order valence-corrected chi connectivity index (χ4v) is 4.61. The van der Waals surface area contributed by atoms with Crippen molar-refractivity contribution in [3.63, 3.8) is 0 Å². The average Bonchev–Trinajstić information content (AvgIpc) is 3.44. The zero-order valence-electron chi connectivity index (χ0n) is 16.8. The van der Waals surface area contributed by atoms with Crippen molar-refractivity contribution >= 4 is 52.0 Å². The number of carbonyl (C=O) groups is 1. The van der Waals surface area contributed by atoms with E-state index >= 15 is 0 Å². The molecular formula is C24H16ClN3O3S. The van der Waals surface area contributed by atoms with Gasteiger partial charge in [0, 0.05) is 11.0 Å². The van der Waals surface area contributed by atoms with Gasteiger partial charge >= 0.3 is 0 Å². The number of aliphatic imine (C=N–C) groups is 1. The highest BCUT2D eigenvalue weighted by molar-refractivity contribution is 8.17. The molecule has 6 nitrogen and oxygen atoms in total. The molecule has 0 spiro atoms. The Balaban J connectivity index is 1.46. The number of halogens is 1. The van der Waals surface area contributed by atoms with E-state index in [9.17, 15) is 4.79 Å². The average molecular weight is 462 g/mol. The molecule has 32 heavy (non-hydrogen) atoms. The van der Waals surface area contributed by atoms with Gasteiger partial charge in [-0.2, -0.15) is 4.99 Å². The Kier molecular flexibility index (Phi) is 5.20. The Morgan fingerprint density at radius 3 is 2.69 bits per heavy atom. The van der Waals surface area contributed by atoms with Crippen LogP contribution in [0.2, 0.25) is 5.02 Å². The molecule has 0 fully saturated rings. The number of ether oxygens (including phenoxy) is 1. The number of benzene rings is 2. The summed E-state index contributed by atoms with van der Waals surface area (Å²) in [6.45, 7) is 0. The third kappa shape index (κ3) is 3.55. The first-order valence-corrected chi connectivity index (χ1v) is 10.9. The molecule has 3 aromatic rings. The summed E-state index contributed by atoms with van der Waals surface area (Å²) in [7, 11) is 1.55. The molecule has 1 aromatic heterocycles. The zero-order valence-corrected chi connectivity index (χ0v) is 18.4. The smallest absolute Gasteiger partial charge is 0.283 e. The fourth-order valence-electron chi connectivity index (χ4n) is 3.46. The molecule has 1 N–H and O–H groups in total. The summed E-state index contributed by atoms with van der Waals surface area (Å²) in [6.07, 6.45) is 1.55. The first kappa shape index (κ1) is 20.4. The molecule has 158 valence electrons. The minimum atomic E-state index is -0.470. The highest BCUT2D eigenvalue weighted by Crippen LogP contribution is 2.37. The number of hydrogen-bond acceptors (Lipinski definition) is 5. The van der Waals surface area contributed by atoms with Crippen molar-refractivity contribution in [1.29, 1.82) is 5.41 Å². The van der Waals surface area contributed by atoms with Gasteiger partial charge in [0.05, 0.1) is 23.4 Å². The lowest BCUT2D eigenvalue weighted by atomic mass is 10.1. The van der Waals surface area contributed by atoms with Gasteiger partial charge in [-0.3, -0.25) is 15.1 Å². The van der Waals surface area contributed by atoms with Gasteiger partial charge in [-0.25, -0.2) is 0 Å². The van der Waals surface area contributed by atoms with E-state index in [2.05, 4.69) is 4.99 Å². The predicted molar refractivity (Wildman–Crippen MR) is 128 cm³/mol. The SMILES string of the molecule is COc1ccc(-c2ccc(/C=C3/C(=N)N4C(c5ccccc5)=CSC4=NC3=O)o2)cc1Cl. The van der Waals surface area contributed by atoms with Crippen LogP contribution in [-0.2, 0) is 4.79 Å². The van der Waals surface area contributed by atoms with Crippen LogP contribution >= 0.6 is 23.4 Å². The standard InChI is InChI=1S/C24H16ClN3O3S/c1-30-21-9-7-15(11-18(21)25)20-10-8-16(31-20)12-17-22(26)28-19(14-5-3-2-4-6-14)13-32-24(28)27-23(17)29/h2-13,26H,1H3/b17-12-,26-22?. The van der Waals surface area contributed by atoms with Crippen molar-refractivity contribution < 1.29 is 13.9 Å². The van der Waals surface area contributed by atoms with Gasteiger partial charge < -0.3 is 9.15 Å². The third-order valence-corrected chi connectivity index (χ3v) is 6.15. The van der Waals surface area contributed by atoms with Crippen molar-refractivity contribution in [3.05, 3.63) is 88.0 Å². The molecule has 0 radical (unpaired) electrons. The van der Waals surface area contributed by atoms with Crippen molar-refractivity contribution in [2.75, 3.05) is 7.11 Å². The molecule has 0 bridgehead atoms. The minimum Gasteiger partial charge on any atom is -0.495 e. The maximum atomic E-state index is 12.7. The van der Waals surface area contributed by atoms with Gasteiger partial charge in [0.25, 0.3) is 5.91 Å². The second-order valence-electron chi connectivity index (χ2n) is 6.98. The molecule has 2 aliphatic heterocycles. The summed E-state index contributed by atoms with van der Waals surface area (Å²) >= 11 is 7.55. The highest BCUT2D eigenvalue weighted by atomic mass is 35.5. The first-order valence-electron chi connectivity index (χ1n) is 9.65. The number of nitrogens with zero attached hydrogens (tertiary/aromatic N) is 2. The van der Waals surface area contributed by atoms with E-state index in [0.717, 1.165) is 16.8 Å². The summed E-state index contributed by atoms with van der Waals surface area (Å²) in [6, 6.07) is 18.6. The summed E-state index contributed by atoms with van der Waals surface area (Å²) < 4.78 is 11.1. The zero-order chi connectivity index (χ0) is 22.2. The summed E-state index contributed by atoms with van der Waals surface area (Å²) in [5.41, 5.74) is 2.69. The molecule has 3 heterocycles. The Morgan fingerprint density at radius 2 is 1.94 bits per heavy atom. The van der Waals surface area contributed by atoms with E-state index in [4.69, 9.17) is 26.2 Å². The van der Waals surface area contributed by atoms with Crippen molar-refractivity contribution in [2.24, 2.45) is 4.99 Å². The number of thioether (sulfide) groups is 1. The lowest BCUT2D eigenvalue weighted by Crippen LogP contribution is -2.37. The van der Waals surface area contributed by atoms with Crippen LogP contribution in [0, 0.1) is 5.41 Å². The molecule has 0 saturated carbocycles. The van der Waals surface area contributed by atoms with Crippen LogP contribution in [0.15, 0.2) is 81.1 Å². The lowest BCUT2D eigenvalue weighted by Gasteiger charge is -2.26. The first-order chi connectivity index (χ1) is 15.5. The molecule has 2 aromatic carbocycles. The molecule has 1 amide bonds. The van der Waals surface area contributed by atoms with Gasteiger partial charge in [0.2, 0.25) is 0 Å². The minimum absolute atomic E-state index is 0.0607. The second kappa shape index (κ2) is 8.18. The monoisotopic (exact) mass is 461 g/mol. The second-order valence-corrected chi connectivity index (χ2v) is 8.22. The Morgan fingerprint density at radius 1 is 1.12 bits per heavy atom. The van der Waals surface area contributed by atoms with E-state index in [0.29, 0.717) is 27.5 Å². The van der Waals surface area contributed by atoms with Crippen molar-refractivity contribution in [3.8, 4) is 17.1 Å². The number of methoxy groups -OCH3 is 1. The number of hydrogen-bond donors (Lipinski definition) is 1. The van der Waals surface area contributed by atoms with Gasteiger partial charge in [-0.05, 0) is 42.0 Å². The van der Waals surface area contributed by atoms with Crippen LogP contribution in [0.25, 0.3) is 23.1 Å². The number of rotatable bonds is 4. The van der Waals surface area contributed by atoms with E-state index in [1.54, 1.807) is 42.4 Å². The molecule has 2 aliphatic rings. The molecule has 0 atom stereocenters. The number of nitrogens with one attached hydrogen (secondary N) is 1. The van der Waals surface area contributed by atoms with Gasteiger partial charge in [-0.1, -0.05) is 53.7 Å². The Labute approximate surface area is 193 Å². The van der Waals surface area contributed by atoms with Crippen LogP contribution in [0.3, 0.4) is 0 Å². The number of carbonyl (C=O) groups excluding carboxylic acids is 1. The normalized spacial score (nSPS) is 16.8. The predicted octanol–water partition coefficient (Wildman–Crippen LogP) is 5.91. The van der Waals surface area contributed by atoms with E-state index < -0.39 is 5.91 Å². The fraction of sp³-hybridized carbons (Fsp3) is 0.0417. The topological polar surface area (TPSA) is 78.9 Å². The van der Waals surface area contributed by atoms with E-state index in [-0.39, 0.29) is 11.4 Å². The summed E-state index contributed by atoms with van der Waals surface area (Å²) in [4.78, 5) is 18.5. The van der Waals surface area contributed by atoms with Crippen molar-refractivity contribution in [2.45, 2.75) is 0 Å². The van der Waals surface area contributed by atoms with Gasteiger partial charge in [-0.15, -0.1) is 0 Å². The lowest BCUT2D eigenvalue weighted by molar-refractivity contribution is -0.114. The maximum Gasteiger partial charge on any atom is 0.283 e. The number of furan rings is 1. The van der Waals surface area contributed by atoms with Crippen molar-refractivity contribution in [1.82, 2.24) is 4.90 Å². The number of amides is 1. The van der Waals surface area contributed by atoms with Gasteiger partial charge in [0.1, 0.15) is 23.1 Å².